The number of halogens is 1. The van der Waals surface area contributed by atoms with Gasteiger partial charge in [0.15, 0.2) is 23.1 Å². The Hall–Kier alpha value is -2.66. The first-order valence-electron chi connectivity index (χ1n) is 7.58. The Balaban J connectivity index is 2.02. The van der Waals surface area contributed by atoms with Crippen LogP contribution in [0.5, 0.6) is 11.5 Å². The van der Waals surface area contributed by atoms with E-state index in [9.17, 15) is 9.59 Å². The number of ketones is 2. The van der Waals surface area contributed by atoms with Crippen LogP contribution >= 0.6 is 15.9 Å². The van der Waals surface area contributed by atoms with Crippen molar-refractivity contribution in [2.24, 2.45) is 0 Å². The summed E-state index contributed by atoms with van der Waals surface area (Å²) in [4.78, 5) is 25.0. The highest BCUT2D eigenvalue weighted by atomic mass is 79.9. The molecule has 3 rings (SSSR count). The van der Waals surface area contributed by atoms with Crippen LogP contribution in [0.2, 0.25) is 0 Å². The maximum Gasteiger partial charge on any atom is 0.197 e. The molecule has 0 heterocycles. The number of hydrogen-bond donors (Lipinski definition) is 0. The largest absolute Gasteiger partial charge is 0.493 e. The van der Waals surface area contributed by atoms with Crippen LogP contribution in [0.1, 0.15) is 26.3 Å². The van der Waals surface area contributed by atoms with Gasteiger partial charge < -0.3 is 9.47 Å². The van der Waals surface area contributed by atoms with Gasteiger partial charge in [0.2, 0.25) is 0 Å². The van der Waals surface area contributed by atoms with Crippen LogP contribution in [-0.2, 0) is 0 Å². The molecule has 0 amide bonds. The molecule has 126 valence electrons. The van der Waals surface area contributed by atoms with E-state index in [1.807, 2.05) is 0 Å². The molecule has 0 aromatic heterocycles. The van der Waals surface area contributed by atoms with E-state index in [4.69, 9.17) is 9.47 Å². The molecule has 0 aliphatic heterocycles. The van der Waals surface area contributed by atoms with Crippen molar-refractivity contribution in [3.8, 4) is 11.5 Å². The van der Waals surface area contributed by atoms with Crippen LogP contribution in [0.3, 0.4) is 0 Å². The molecule has 1 aliphatic rings. The Bertz CT molecular complexity index is 875. The number of methoxy groups -OCH3 is 1. The van der Waals surface area contributed by atoms with E-state index in [1.165, 1.54) is 7.11 Å². The topological polar surface area (TPSA) is 52.6 Å². The van der Waals surface area contributed by atoms with Crippen molar-refractivity contribution in [3.05, 3.63) is 75.8 Å². The molecule has 0 spiro atoms. The van der Waals surface area contributed by atoms with Crippen LogP contribution in [0.25, 0.3) is 6.08 Å². The van der Waals surface area contributed by atoms with Crippen molar-refractivity contribution in [1.29, 1.82) is 0 Å². The Labute approximate surface area is 153 Å². The Kier molecular flexibility index (Phi) is 4.86. The van der Waals surface area contributed by atoms with Crippen molar-refractivity contribution < 1.29 is 19.1 Å². The summed E-state index contributed by atoms with van der Waals surface area (Å²) >= 11 is 3.44. The molecule has 2 aromatic rings. The lowest BCUT2D eigenvalue weighted by atomic mass is 10.1. The molecule has 0 atom stereocenters. The van der Waals surface area contributed by atoms with E-state index < -0.39 is 0 Å². The smallest absolute Gasteiger partial charge is 0.197 e. The number of carbonyl (C=O) groups excluding carboxylic acids is 2. The SMILES string of the molecule is C=CCOc1c(Br)cc(C=C2C(=O)c3ccccc3C2=O)cc1OC. The third-order valence-electron chi connectivity index (χ3n) is 3.81. The van der Waals surface area contributed by atoms with Crippen LogP contribution in [0, 0.1) is 0 Å². The zero-order chi connectivity index (χ0) is 18.0. The standard InChI is InChI=1S/C20H15BrO4/c1-3-8-25-20-16(21)10-12(11-17(20)24-2)9-15-18(22)13-6-4-5-7-14(13)19(15)23/h3-7,9-11H,1,8H2,2H3. The predicted octanol–water partition coefficient (Wildman–Crippen LogP) is 4.49. The summed E-state index contributed by atoms with van der Waals surface area (Å²) in [6.45, 7) is 3.95. The molecule has 25 heavy (non-hydrogen) atoms. The van der Waals surface area contributed by atoms with Gasteiger partial charge in [0.1, 0.15) is 6.61 Å². The summed E-state index contributed by atoms with van der Waals surface area (Å²) in [7, 11) is 1.53. The number of allylic oxidation sites excluding steroid dienone is 1. The number of rotatable bonds is 5. The molecule has 4 nitrogen and oxygen atoms in total. The molecule has 0 unspecified atom stereocenters. The zero-order valence-corrected chi connectivity index (χ0v) is 15.1. The lowest BCUT2D eigenvalue weighted by Gasteiger charge is -2.12. The van der Waals surface area contributed by atoms with E-state index in [1.54, 1.807) is 48.6 Å². The average molecular weight is 399 g/mol. The second-order valence-electron chi connectivity index (χ2n) is 5.40. The first-order valence-corrected chi connectivity index (χ1v) is 8.37. The number of carbonyl (C=O) groups is 2. The highest BCUT2D eigenvalue weighted by Crippen LogP contribution is 2.38. The van der Waals surface area contributed by atoms with Crippen molar-refractivity contribution in [2.45, 2.75) is 0 Å². The van der Waals surface area contributed by atoms with Gasteiger partial charge in [-0.1, -0.05) is 36.9 Å². The maximum absolute atomic E-state index is 12.5. The molecular formula is C20H15BrO4. The van der Waals surface area contributed by atoms with Crippen molar-refractivity contribution in [3.63, 3.8) is 0 Å². The predicted molar refractivity (Wildman–Crippen MR) is 99.5 cm³/mol. The lowest BCUT2D eigenvalue weighted by molar-refractivity contribution is 0.0990. The molecule has 0 bridgehead atoms. The lowest BCUT2D eigenvalue weighted by Crippen LogP contribution is -2.01. The molecule has 0 N–H and O–H groups in total. The van der Waals surface area contributed by atoms with Gasteiger partial charge in [0.05, 0.1) is 17.2 Å². The van der Waals surface area contributed by atoms with E-state index >= 15 is 0 Å². The summed E-state index contributed by atoms with van der Waals surface area (Å²) < 4.78 is 11.6. The summed E-state index contributed by atoms with van der Waals surface area (Å²) in [5.74, 6) is 0.515. The molecule has 0 saturated heterocycles. The van der Waals surface area contributed by atoms with Gasteiger partial charge in [-0.2, -0.15) is 0 Å². The maximum atomic E-state index is 12.5. The number of Topliss-reactive ketones (excluding diaryl/α,β-unsaturated/α-hetero) is 2. The summed E-state index contributed by atoms with van der Waals surface area (Å²) in [5, 5.41) is 0. The molecule has 0 fully saturated rings. The third kappa shape index (κ3) is 3.15. The number of fused-ring (bicyclic) bond motifs is 1. The van der Waals surface area contributed by atoms with E-state index in [-0.39, 0.29) is 17.1 Å². The van der Waals surface area contributed by atoms with E-state index in [0.717, 1.165) is 0 Å². The molecule has 5 heteroatoms. The molecule has 0 radical (unpaired) electrons. The monoisotopic (exact) mass is 398 g/mol. The zero-order valence-electron chi connectivity index (χ0n) is 13.5. The van der Waals surface area contributed by atoms with E-state index in [2.05, 4.69) is 22.5 Å². The van der Waals surface area contributed by atoms with Crippen LogP contribution in [0.15, 0.2) is 59.1 Å². The summed E-state index contributed by atoms with van der Waals surface area (Å²) in [6.07, 6.45) is 3.21. The minimum absolute atomic E-state index is 0.148. The van der Waals surface area contributed by atoms with Gasteiger partial charge in [-0.15, -0.1) is 0 Å². The molecule has 1 aliphatic carbocycles. The Morgan fingerprint density at radius 2 is 1.76 bits per heavy atom. The highest BCUT2D eigenvalue weighted by Gasteiger charge is 2.32. The van der Waals surface area contributed by atoms with Gasteiger partial charge in [-0.25, -0.2) is 0 Å². The molecular weight excluding hydrogens is 384 g/mol. The minimum atomic E-state index is -0.261. The van der Waals surface area contributed by atoms with E-state index in [0.29, 0.717) is 39.3 Å². The van der Waals surface area contributed by atoms with Crippen molar-refractivity contribution >= 4 is 33.6 Å². The van der Waals surface area contributed by atoms with Gasteiger partial charge in [-0.3, -0.25) is 9.59 Å². The van der Waals surface area contributed by atoms with Gasteiger partial charge in [0.25, 0.3) is 0 Å². The number of ether oxygens (including phenoxy) is 2. The first-order chi connectivity index (χ1) is 12.1. The number of benzene rings is 2. The van der Waals surface area contributed by atoms with Crippen LogP contribution in [0.4, 0.5) is 0 Å². The molecule has 0 saturated carbocycles. The summed E-state index contributed by atoms with van der Waals surface area (Å²) in [6, 6.07) is 10.3. The number of hydrogen-bond acceptors (Lipinski definition) is 4. The fraction of sp³-hybridized carbons (Fsp3) is 0.100. The average Bonchev–Trinajstić information content (AvgIpc) is 2.86. The fourth-order valence-electron chi connectivity index (χ4n) is 2.68. The second-order valence-corrected chi connectivity index (χ2v) is 6.25. The normalized spacial score (nSPS) is 12.8. The summed E-state index contributed by atoms with van der Waals surface area (Å²) in [5.41, 5.74) is 1.69. The first kappa shape index (κ1) is 17.2. The van der Waals surface area contributed by atoms with Crippen LogP contribution < -0.4 is 9.47 Å². The minimum Gasteiger partial charge on any atom is -0.493 e. The third-order valence-corrected chi connectivity index (χ3v) is 4.40. The van der Waals surface area contributed by atoms with Gasteiger partial charge >= 0.3 is 0 Å². The van der Waals surface area contributed by atoms with Crippen LogP contribution in [-0.4, -0.2) is 25.3 Å². The fourth-order valence-corrected chi connectivity index (χ4v) is 3.25. The Morgan fingerprint density at radius 3 is 2.32 bits per heavy atom. The Morgan fingerprint density at radius 1 is 1.12 bits per heavy atom. The highest BCUT2D eigenvalue weighted by molar-refractivity contribution is 9.10. The van der Waals surface area contributed by atoms with Gasteiger partial charge in [-0.05, 0) is 39.7 Å². The van der Waals surface area contributed by atoms with Crippen molar-refractivity contribution in [1.82, 2.24) is 0 Å². The molecule has 2 aromatic carbocycles. The second kappa shape index (κ2) is 7.07. The van der Waals surface area contributed by atoms with Crippen molar-refractivity contribution in [2.75, 3.05) is 13.7 Å². The van der Waals surface area contributed by atoms with Gasteiger partial charge in [0, 0.05) is 11.1 Å². The quantitative estimate of drug-likeness (QED) is 0.423.